The fraction of sp³-hybridized carbons (Fsp3) is 0.458. The Morgan fingerprint density at radius 3 is 2.12 bits per heavy atom. The number of hydrogen-bond acceptors (Lipinski definition) is 8. The number of carbonyl (C=O) groups is 2. The van der Waals surface area contributed by atoms with Crippen molar-refractivity contribution >= 4 is 40.4 Å². The second-order valence-electron chi connectivity index (χ2n) is 8.74. The lowest BCUT2D eigenvalue weighted by molar-refractivity contribution is -0.162. The van der Waals surface area contributed by atoms with Crippen LogP contribution in [0, 0.1) is 5.92 Å². The van der Waals surface area contributed by atoms with Crippen molar-refractivity contribution < 1.29 is 45.4 Å². The van der Waals surface area contributed by atoms with E-state index in [2.05, 4.69) is 19.9 Å². The second-order valence-corrected chi connectivity index (χ2v) is 9.17. The molecule has 2 aromatic heterocycles. The summed E-state index contributed by atoms with van der Waals surface area (Å²) in [6, 6.07) is 3.73. The van der Waals surface area contributed by atoms with E-state index in [1.54, 1.807) is 18.2 Å². The lowest BCUT2D eigenvalue weighted by Gasteiger charge is -2.37. The summed E-state index contributed by atoms with van der Waals surface area (Å²) in [5.74, 6) is -8.48. The summed E-state index contributed by atoms with van der Waals surface area (Å²) in [7, 11) is 0. The maximum Gasteiger partial charge on any atom is 0.451 e. The number of ether oxygens (including phenoxy) is 2. The summed E-state index contributed by atoms with van der Waals surface area (Å²) in [6.45, 7) is 2.69. The highest BCUT2D eigenvalue weighted by Gasteiger charge is 2.44. The first-order chi connectivity index (χ1) is 18.7. The predicted octanol–water partition coefficient (Wildman–Crippen LogP) is 5.28. The van der Waals surface area contributed by atoms with E-state index >= 15 is 0 Å². The number of halogens is 7. The number of benzene rings is 1. The Balaban J connectivity index is 1.90. The summed E-state index contributed by atoms with van der Waals surface area (Å²) >= 11 is 6.15. The number of esters is 2. The number of carbonyl (C=O) groups excluding carboxylic acids is 2. The first-order valence-corrected chi connectivity index (χ1v) is 12.4. The molecule has 4 rings (SSSR count). The lowest BCUT2D eigenvalue weighted by Crippen LogP contribution is -2.41. The minimum Gasteiger partial charge on any atom is -0.465 e. The van der Waals surface area contributed by atoms with E-state index < -0.39 is 60.3 Å². The van der Waals surface area contributed by atoms with Crippen LogP contribution in [0.2, 0.25) is 5.02 Å². The molecule has 216 valence electrons. The van der Waals surface area contributed by atoms with Crippen LogP contribution in [0.25, 0.3) is 10.9 Å². The number of anilines is 1. The Kier molecular flexibility index (Phi) is 8.15. The highest BCUT2D eigenvalue weighted by atomic mass is 35.5. The van der Waals surface area contributed by atoms with Crippen molar-refractivity contribution in [1.82, 2.24) is 19.9 Å². The van der Waals surface area contributed by atoms with Crippen LogP contribution >= 0.6 is 11.6 Å². The van der Waals surface area contributed by atoms with Gasteiger partial charge in [0, 0.05) is 28.2 Å². The van der Waals surface area contributed by atoms with Crippen molar-refractivity contribution in [2.75, 3.05) is 24.7 Å². The molecule has 0 amide bonds. The molecule has 3 heterocycles. The van der Waals surface area contributed by atoms with Gasteiger partial charge >= 0.3 is 24.3 Å². The number of aromatic amines is 1. The van der Waals surface area contributed by atoms with Gasteiger partial charge in [0.15, 0.2) is 5.92 Å². The third-order valence-electron chi connectivity index (χ3n) is 6.20. The van der Waals surface area contributed by atoms with Crippen LogP contribution in [0.4, 0.5) is 32.3 Å². The Morgan fingerprint density at radius 2 is 1.60 bits per heavy atom. The number of alkyl halides is 6. The molecule has 1 unspecified atom stereocenters. The van der Waals surface area contributed by atoms with Gasteiger partial charge < -0.3 is 19.4 Å². The zero-order valence-corrected chi connectivity index (χ0v) is 21.7. The average molecular weight is 594 g/mol. The molecule has 16 heteroatoms. The van der Waals surface area contributed by atoms with Gasteiger partial charge in [-0.15, -0.1) is 0 Å². The van der Waals surface area contributed by atoms with Gasteiger partial charge in [-0.3, -0.25) is 9.59 Å². The largest absolute Gasteiger partial charge is 0.465 e. The molecule has 0 radical (unpaired) electrons. The first-order valence-electron chi connectivity index (χ1n) is 12.0. The minimum atomic E-state index is -5.32. The van der Waals surface area contributed by atoms with E-state index in [-0.39, 0.29) is 26.2 Å². The highest BCUT2D eigenvalue weighted by molar-refractivity contribution is 6.31. The van der Waals surface area contributed by atoms with Crippen LogP contribution < -0.4 is 4.90 Å². The van der Waals surface area contributed by atoms with E-state index in [9.17, 15) is 35.9 Å². The fourth-order valence-corrected chi connectivity index (χ4v) is 4.74. The number of H-pyrrole nitrogens is 1. The fourth-order valence-electron chi connectivity index (χ4n) is 4.57. The van der Waals surface area contributed by atoms with E-state index in [0.29, 0.717) is 27.2 Å². The third-order valence-corrected chi connectivity index (χ3v) is 6.44. The number of aromatic nitrogens is 4. The SMILES string of the molecule is CCOC(=O)C(CC1c2[nH]c3ccc(Cl)cc3c2CCN1c1nc(C(F)(F)F)nc(C(F)(F)F)n1)C(=O)OCC. The zero-order chi connectivity index (χ0) is 29.4. The molecule has 0 spiro atoms. The summed E-state index contributed by atoms with van der Waals surface area (Å²) < 4.78 is 91.2. The predicted molar refractivity (Wildman–Crippen MR) is 128 cm³/mol. The normalized spacial score (nSPS) is 15.8. The molecule has 1 N–H and O–H groups in total. The smallest absolute Gasteiger partial charge is 0.451 e. The van der Waals surface area contributed by atoms with Gasteiger partial charge in [0.1, 0.15) is 0 Å². The molecule has 40 heavy (non-hydrogen) atoms. The van der Waals surface area contributed by atoms with Gasteiger partial charge in [-0.1, -0.05) is 11.6 Å². The Hall–Kier alpha value is -3.62. The number of nitrogens with zero attached hydrogens (tertiary/aromatic N) is 4. The zero-order valence-electron chi connectivity index (χ0n) is 21.0. The molecule has 3 aromatic rings. The average Bonchev–Trinajstić information content (AvgIpc) is 3.24. The van der Waals surface area contributed by atoms with Crippen molar-refractivity contribution in [1.29, 1.82) is 0 Å². The molecule has 9 nitrogen and oxygen atoms in total. The first kappa shape index (κ1) is 29.4. The molecule has 1 atom stereocenters. The molecule has 0 saturated heterocycles. The highest BCUT2D eigenvalue weighted by Crippen LogP contribution is 2.41. The third kappa shape index (κ3) is 5.93. The van der Waals surface area contributed by atoms with E-state index in [1.165, 1.54) is 13.8 Å². The summed E-state index contributed by atoms with van der Waals surface area (Å²) in [6.07, 6.45) is -10.9. The quantitative estimate of drug-likeness (QED) is 0.224. The van der Waals surface area contributed by atoms with Crippen LogP contribution in [0.1, 0.15) is 49.2 Å². The maximum absolute atomic E-state index is 13.5. The second kappa shape index (κ2) is 11.1. The Bertz CT molecular complexity index is 1380. The van der Waals surface area contributed by atoms with Gasteiger partial charge in [0.25, 0.3) is 0 Å². The monoisotopic (exact) mass is 593 g/mol. The van der Waals surface area contributed by atoms with Crippen molar-refractivity contribution in [3.63, 3.8) is 0 Å². The van der Waals surface area contributed by atoms with Crippen LogP contribution in [-0.2, 0) is 37.8 Å². The maximum atomic E-state index is 13.5. The number of hydrogen-bond donors (Lipinski definition) is 1. The summed E-state index contributed by atoms with van der Waals surface area (Å²) in [4.78, 5) is 38.9. The molecule has 0 bridgehead atoms. The van der Waals surface area contributed by atoms with E-state index in [1.807, 2.05) is 0 Å². The van der Waals surface area contributed by atoms with Crippen LogP contribution in [0.5, 0.6) is 0 Å². The van der Waals surface area contributed by atoms with Crippen molar-refractivity contribution in [2.24, 2.45) is 5.92 Å². The van der Waals surface area contributed by atoms with Gasteiger partial charge in [0.2, 0.25) is 17.6 Å². The summed E-state index contributed by atoms with van der Waals surface area (Å²) in [5.41, 5.74) is 1.57. The van der Waals surface area contributed by atoms with Gasteiger partial charge in [-0.25, -0.2) is 4.98 Å². The van der Waals surface area contributed by atoms with Gasteiger partial charge in [-0.2, -0.15) is 36.3 Å². The van der Waals surface area contributed by atoms with Crippen molar-refractivity contribution in [3.05, 3.63) is 46.1 Å². The molecule has 1 aliphatic rings. The van der Waals surface area contributed by atoms with Gasteiger partial charge in [-0.05, 0) is 50.5 Å². The van der Waals surface area contributed by atoms with Crippen LogP contribution in [-0.4, -0.2) is 51.6 Å². The Morgan fingerprint density at radius 1 is 1.02 bits per heavy atom. The molecular weight excluding hydrogens is 572 g/mol. The molecule has 1 aliphatic heterocycles. The lowest BCUT2D eigenvalue weighted by atomic mass is 9.90. The molecular formula is C24H22ClF6N5O4. The topological polar surface area (TPSA) is 110 Å². The number of rotatable bonds is 7. The van der Waals surface area contributed by atoms with Crippen molar-refractivity contribution in [3.8, 4) is 0 Å². The number of nitrogens with one attached hydrogen (secondary N) is 1. The van der Waals surface area contributed by atoms with Crippen LogP contribution in [0.15, 0.2) is 18.2 Å². The number of fused-ring (bicyclic) bond motifs is 3. The summed E-state index contributed by atoms with van der Waals surface area (Å²) in [5, 5.41) is 1.06. The van der Waals surface area contributed by atoms with Crippen molar-refractivity contribution in [2.45, 2.75) is 45.1 Å². The standard InChI is InChI=1S/C24H22ClF6N5O4/c1-3-39-18(37)14(19(38)40-4-2)10-16-17-12(13-9-11(25)5-6-15(13)32-17)7-8-36(16)22-34-20(23(26,27)28)33-21(35-22)24(29,30)31/h5-6,9,14,16,32H,3-4,7-8,10H2,1-2H3. The molecule has 1 aromatic carbocycles. The molecule has 0 aliphatic carbocycles. The van der Waals surface area contributed by atoms with Crippen LogP contribution in [0.3, 0.4) is 0 Å². The van der Waals surface area contributed by atoms with E-state index in [0.717, 1.165) is 4.90 Å². The Labute approximate surface area is 227 Å². The minimum absolute atomic E-state index is 0.0867. The molecule has 0 fully saturated rings. The van der Waals surface area contributed by atoms with Gasteiger partial charge in [0.05, 0.1) is 19.3 Å². The molecule has 0 saturated carbocycles. The van der Waals surface area contributed by atoms with E-state index in [4.69, 9.17) is 21.1 Å².